The summed E-state index contributed by atoms with van der Waals surface area (Å²) < 4.78 is 10.1. The molecule has 0 unspecified atom stereocenters. The molecule has 0 amide bonds. The van der Waals surface area contributed by atoms with E-state index in [0.29, 0.717) is 5.75 Å². The second kappa shape index (κ2) is 6.39. The number of ether oxygens (including phenoxy) is 2. The molecule has 0 atom stereocenters. The Kier molecular flexibility index (Phi) is 4.86. The minimum atomic E-state index is -0.542. The summed E-state index contributed by atoms with van der Waals surface area (Å²) >= 11 is 0. The Balaban J connectivity index is 3.07. The van der Waals surface area contributed by atoms with Gasteiger partial charge in [-0.1, -0.05) is 18.7 Å². The van der Waals surface area contributed by atoms with Crippen LogP contribution in [-0.4, -0.2) is 17.5 Å². The first kappa shape index (κ1) is 13.7. The number of hydrogen-bond acceptors (Lipinski definition) is 5. The van der Waals surface area contributed by atoms with Gasteiger partial charge in [0.15, 0.2) is 0 Å². The fraction of sp³-hybridized carbons (Fsp3) is 0.250. The molecular formula is C12H13NO5. The van der Waals surface area contributed by atoms with Crippen LogP contribution in [0.1, 0.15) is 12.5 Å². The number of benzene rings is 1. The quantitative estimate of drug-likeness (QED) is 0.335. The molecule has 0 aliphatic carbocycles. The lowest BCUT2D eigenvalue weighted by atomic mass is 10.1. The maximum absolute atomic E-state index is 10.9. The Hall–Kier alpha value is -2.37. The minimum absolute atomic E-state index is 0.141. The van der Waals surface area contributed by atoms with E-state index in [1.54, 1.807) is 6.07 Å². The Morgan fingerprint density at radius 1 is 1.56 bits per heavy atom. The van der Waals surface area contributed by atoms with Crippen molar-refractivity contribution in [1.29, 1.82) is 0 Å². The second-order valence-corrected chi connectivity index (χ2v) is 3.39. The van der Waals surface area contributed by atoms with Gasteiger partial charge < -0.3 is 9.47 Å². The predicted molar refractivity (Wildman–Crippen MR) is 64.3 cm³/mol. The highest BCUT2D eigenvalue weighted by atomic mass is 16.6. The molecule has 0 heterocycles. The Morgan fingerprint density at radius 2 is 2.28 bits per heavy atom. The number of esters is 1. The first-order valence-electron chi connectivity index (χ1n) is 5.19. The Labute approximate surface area is 104 Å². The van der Waals surface area contributed by atoms with Crippen molar-refractivity contribution in [3.05, 3.63) is 46.5 Å². The molecule has 0 saturated heterocycles. The smallest absolute Gasteiger partial charge is 0.302 e. The van der Waals surface area contributed by atoms with E-state index in [1.807, 2.05) is 0 Å². The minimum Gasteiger partial charge on any atom is -0.489 e. The van der Waals surface area contributed by atoms with Crippen LogP contribution in [0.25, 0.3) is 0 Å². The van der Waals surface area contributed by atoms with Crippen molar-refractivity contribution in [2.45, 2.75) is 13.5 Å². The highest BCUT2D eigenvalue weighted by Crippen LogP contribution is 2.29. The third kappa shape index (κ3) is 3.58. The summed E-state index contributed by atoms with van der Waals surface area (Å²) in [5.41, 5.74) is 0.0948. The molecule has 6 nitrogen and oxygen atoms in total. The van der Waals surface area contributed by atoms with E-state index in [9.17, 15) is 14.9 Å². The molecule has 0 radical (unpaired) electrons. The number of rotatable bonds is 6. The van der Waals surface area contributed by atoms with Gasteiger partial charge in [-0.3, -0.25) is 14.9 Å². The molecule has 0 aromatic heterocycles. The summed E-state index contributed by atoms with van der Waals surface area (Å²) in [5.74, 6) is -0.201. The van der Waals surface area contributed by atoms with Crippen molar-refractivity contribution in [3.63, 3.8) is 0 Å². The molecule has 0 N–H and O–H groups in total. The van der Waals surface area contributed by atoms with Crippen LogP contribution in [0.3, 0.4) is 0 Å². The molecule has 96 valence electrons. The van der Waals surface area contributed by atoms with Crippen LogP contribution in [0.2, 0.25) is 0 Å². The molecule has 0 aliphatic heterocycles. The second-order valence-electron chi connectivity index (χ2n) is 3.39. The maximum atomic E-state index is 10.9. The van der Waals surface area contributed by atoms with Gasteiger partial charge in [0, 0.05) is 13.0 Å². The lowest BCUT2D eigenvalue weighted by molar-refractivity contribution is -0.385. The lowest BCUT2D eigenvalue weighted by Crippen LogP contribution is -2.05. The van der Waals surface area contributed by atoms with Crippen molar-refractivity contribution in [3.8, 4) is 5.75 Å². The zero-order valence-electron chi connectivity index (χ0n) is 9.92. The largest absolute Gasteiger partial charge is 0.489 e. The first-order chi connectivity index (χ1) is 8.56. The summed E-state index contributed by atoms with van der Waals surface area (Å²) in [5, 5.41) is 10.9. The fourth-order valence-electron chi connectivity index (χ4n) is 1.33. The van der Waals surface area contributed by atoms with Crippen LogP contribution in [0, 0.1) is 10.1 Å². The highest BCUT2D eigenvalue weighted by molar-refractivity contribution is 5.66. The summed E-state index contributed by atoms with van der Waals surface area (Å²) in [6.07, 6.45) is 1.52. The van der Waals surface area contributed by atoms with E-state index in [1.165, 1.54) is 25.1 Å². The van der Waals surface area contributed by atoms with Crippen LogP contribution in [0.4, 0.5) is 5.69 Å². The molecule has 0 fully saturated rings. The maximum Gasteiger partial charge on any atom is 0.302 e. The Bertz CT molecular complexity index is 470. The van der Waals surface area contributed by atoms with Crippen LogP contribution >= 0.6 is 0 Å². The van der Waals surface area contributed by atoms with Gasteiger partial charge in [0.2, 0.25) is 0 Å². The van der Waals surface area contributed by atoms with Crippen molar-refractivity contribution in [2.75, 3.05) is 6.61 Å². The SMILES string of the molecule is C=CCOc1cccc([N+](=O)[O-])c1COC(C)=O. The van der Waals surface area contributed by atoms with Crippen LogP contribution in [0.15, 0.2) is 30.9 Å². The number of hydrogen-bond donors (Lipinski definition) is 0. The van der Waals surface area contributed by atoms with E-state index < -0.39 is 10.9 Å². The number of carbonyl (C=O) groups is 1. The van der Waals surface area contributed by atoms with Gasteiger partial charge >= 0.3 is 5.97 Å². The topological polar surface area (TPSA) is 78.7 Å². The average Bonchev–Trinajstić information content (AvgIpc) is 2.33. The third-order valence-corrected chi connectivity index (χ3v) is 2.08. The van der Waals surface area contributed by atoms with Crippen molar-refractivity contribution < 1.29 is 19.2 Å². The summed E-state index contributed by atoms with van der Waals surface area (Å²) in [6.45, 7) is 4.75. The van der Waals surface area contributed by atoms with Gasteiger partial charge in [-0.15, -0.1) is 0 Å². The molecule has 0 bridgehead atoms. The average molecular weight is 251 g/mol. The zero-order chi connectivity index (χ0) is 13.5. The van der Waals surface area contributed by atoms with Gasteiger partial charge in [0.05, 0.1) is 4.92 Å². The van der Waals surface area contributed by atoms with Crippen LogP contribution in [-0.2, 0) is 16.1 Å². The molecule has 1 aromatic carbocycles. The van der Waals surface area contributed by atoms with E-state index in [2.05, 4.69) is 6.58 Å². The molecule has 0 spiro atoms. The molecule has 0 aliphatic rings. The number of carbonyl (C=O) groups excluding carboxylic acids is 1. The van der Waals surface area contributed by atoms with Crippen LogP contribution < -0.4 is 4.74 Å². The third-order valence-electron chi connectivity index (χ3n) is 2.08. The molecule has 1 rings (SSSR count). The van der Waals surface area contributed by atoms with Gasteiger partial charge in [0.25, 0.3) is 5.69 Å². The van der Waals surface area contributed by atoms with Gasteiger partial charge in [-0.05, 0) is 6.07 Å². The van der Waals surface area contributed by atoms with Gasteiger partial charge in [-0.2, -0.15) is 0 Å². The van der Waals surface area contributed by atoms with E-state index in [-0.39, 0.29) is 24.5 Å². The standard InChI is InChI=1S/C12H13NO5/c1-3-7-17-12-6-4-5-11(13(15)16)10(12)8-18-9(2)14/h3-6H,1,7-8H2,2H3. The Morgan fingerprint density at radius 3 is 2.83 bits per heavy atom. The van der Waals surface area contributed by atoms with Gasteiger partial charge in [-0.25, -0.2) is 0 Å². The summed E-state index contributed by atoms with van der Waals surface area (Å²) in [6, 6.07) is 4.42. The number of nitro benzene ring substituents is 1. The van der Waals surface area contributed by atoms with E-state index >= 15 is 0 Å². The zero-order valence-corrected chi connectivity index (χ0v) is 9.92. The number of nitrogens with zero attached hydrogens (tertiary/aromatic N) is 1. The van der Waals surface area contributed by atoms with E-state index in [0.717, 1.165) is 0 Å². The molecule has 18 heavy (non-hydrogen) atoms. The predicted octanol–water partition coefficient (Wildman–Crippen LogP) is 2.22. The molecular weight excluding hydrogens is 238 g/mol. The first-order valence-corrected chi connectivity index (χ1v) is 5.19. The van der Waals surface area contributed by atoms with Crippen molar-refractivity contribution >= 4 is 11.7 Å². The normalized spacial score (nSPS) is 9.61. The highest BCUT2D eigenvalue weighted by Gasteiger charge is 2.19. The number of nitro groups is 1. The van der Waals surface area contributed by atoms with Crippen LogP contribution in [0.5, 0.6) is 5.75 Å². The van der Waals surface area contributed by atoms with Crippen molar-refractivity contribution in [1.82, 2.24) is 0 Å². The van der Waals surface area contributed by atoms with Crippen molar-refractivity contribution in [2.24, 2.45) is 0 Å². The van der Waals surface area contributed by atoms with Gasteiger partial charge in [0.1, 0.15) is 24.5 Å². The molecule has 1 aromatic rings. The summed E-state index contributed by atoms with van der Waals surface area (Å²) in [7, 11) is 0. The monoisotopic (exact) mass is 251 g/mol. The fourth-order valence-corrected chi connectivity index (χ4v) is 1.33. The summed E-state index contributed by atoms with van der Waals surface area (Å²) in [4.78, 5) is 21.1. The molecule has 6 heteroatoms. The molecule has 0 saturated carbocycles. The van der Waals surface area contributed by atoms with E-state index in [4.69, 9.17) is 9.47 Å². The lowest BCUT2D eigenvalue weighted by Gasteiger charge is -2.10.